The van der Waals surface area contributed by atoms with Crippen LogP contribution >= 0.6 is 11.6 Å². The van der Waals surface area contributed by atoms with Gasteiger partial charge in [-0.25, -0.2) is 4.39 Å². The molecule has 2 unspecified atom stereocenters. The summed E-state index contributed by atoms with van der Waals surface area (Å²) in [7, 11) is 0. The Morgan fingerprint density at radius 2 is 1.89 bits per heavy atom. The Balaban J connectivity index is 2.26. The van der Waals surface area contributed by atoms with Crippen molar-refractivity contribution in [2.45, 2.75) is 19.1 Å². The fourth-order valence-corrected chi connectivity index (χ4v) is 2.03. The predicted octanol–water partition coefficient (Wildman–Crippen LogP) is 3.95. The molecule has 2 N–H and O–H groups in total. The average Bonchev–Trinajstić information content (AvgIpc) is 2.35. The zero-order valence-corrected chi connectivity index (χ0v) is 11.3. The van der Waals surface area contributed by atoms with Gasteiger partial charge in [0.15, 0.2) is 0 Å². The van der Waals surface area contributed by atoms with E-state index in [0.29, 0.717) is 16.3 Å². The van der Waals surface area contributed by atoms with Crippen molar-refractivity contribution in [2.24, 2.45) is 5.73 Å². The van der Waals surface area contributed by atoms with Gasteiger partial charge in [-0.1, -0.05) is 29.8 Å². The first-order valence-corrected chi connectivity index (χ1v) is 6.37. The zero-order valence-electron chi connectivity index (χ0n) is 10.5. The molecule has 2 rings (SSSR count). The van der Waals surface area contributed by atoms with Crippen molar-refractivity contribution < 1.29 is 9.13 Å². The highest BCUT2D eigenvalue weighted by Gasteiger charge is 2.18. The molecule has 0 amide bonds. The molecule has 2 nitrogen and oxygen atoms in total. The molecule has 0 saturated carbocycles. The summed E-state index contributed by atoms with van der Waals surface area (Å²) in [5.41, 5.74) is 6.63. The van der Waals surface area contributed by atoms with Crippen LogP contribution in [0.1, 0.15) is 18.6 Å². The number of benzene rings is 2. The van der Waals surface area contributed by atoms with Gasteiger partial charge < -0.3 is 10.5 Å². The summed E-state index contributed by atoms with van der Waals surface area (Å²) in [6.45, 7) is 1.82. The topological polar surface area (TPSA) is 35.2 Å². The van der Waals surface area contributed by atoms with Crippen LogP contribution in [0.3, 0.4) is 0 Å². The lowest BCUT2D eigenvalue weighted by molar-refractivity contribution is 0.180. The minimum absolute atomic E-state index is 0.277. The van der Waals surface area contributed by atoms with Crippen molar-refractivity contribution in [1.82, 2.24) is 0 Å². The van der Waals surface area contributed by atoms with E-state index >= 15 is 0 Å². The summed E-state index contributed by atoms with van der Waals surface area (Å²) in [6.07, 6.45) is -0.422. The quantitative estimate of drug-likeness (QED) is 0.920. The molecule has 0 fully saturated rings. The van der Waals surface area contributed by atoms with Crippen LogP contribution in [0.2, 0.25) is 5.02 Å². The lowest BCUT2D eigenvalue weighted by Gasteiger charge is -2.23. The van der Waals surface area contributed by atoms with Crippen molar-refractivity contribution in [1.29, 1.82) is 0 Å². The highest BCUT2D eigenvalue weighted by atomic mass is 35.5. The van der Waals surface area contributed by atoms with Gasteiger partial charge >= 0.3 is 0 Å². The highest BCUT2D eigenvalue weighted by Crippen LogP contribution is 2.26. The Morgan fingerprint density at radius 3 is 2.53 bits per heavy atom. The molecular formula is C15H15ClFNO. The van der Waals surface area contributed by atoms with Crippen LogP contribution in [-0.2, 0) is 0 Å². The molecule has 0 heterocycles. The molecule has 0 spiro atoms. The van der Waals surface area contributed by atoms with E-state index in [1.807, 2.05) is 6.92 Å². The van der Waals surface area contributed by atoms with E-state index in [1.54, 1.807) is 36.4 Å². The third-order valence-corrected chi connectivity index (χ3v) is 2.95. The first-order valence-electron chi connectivity index (χ1n) is 5.99. The Hall–Kier alpha value is -1.58. The lowest BCUT2D eigenvalue weighted by atomic mass is 10.0. The van der Waals surface area contributed by atoms with Crippen molar-refractivity contribution >= 4 is 11.6 Å². The van der Waals surface area contributed by atoms with Crippen LogP contribution in [0.25, 0.3) is 0 Å². The normalized spacial score (nSPS) is 13.9. The average molecular weight is 280 g/mol. The summed E-state index contributed by atoms with van der Waals surface area (Å²) in [5, 5.41) is 0.583. The van der Waals surface area contributed by atoms with Gasteiger partial charge in [0.05, 0.1) is 0 Å². The van der Waals surface area contributed by atoms with Crippen LogP contribution in [0.4, 0.5) is 4.39 Å². The fraction of sp³-hybridized carbons (Fsp3) is 0.200. The minimum atomic E-state index is -0.422. The van der Waals surface area contributed by atoms with E-state index in [2.05, 4.69) is 0 Å². The number of rotatable bonds is 4. The molecule has 0 aliphatic rings. The molecule has 0 bridgehead atoms. The molecule has 100 valence electrons. The molecule has 19 heavy (non-hydrogen) atoms. The number of nitrogens with two attached hydrogens (primary N) is 1. The molecule has 0 aliphatic carbocycles. The molecule has 2 aromatic carbocycles. The van der Waals surface area contributed by atoms with Crippen LogP contribution in [0.5, 0.6) is 5.75 Å². The van der Waals surface area contributed by atoms with E-state index in [4.69, 9.17) is 22.1 Å². The number of hydrogen-bond donors (Lipinski definition) is 1. The first-order chi connectivity index (χ1) is 9.06. The molecule has 2 atom stereocenters. The first kappa shape index (κ1) is 13.8. The van der Waals surface area contributed by atoms with Gasteiger partial charge in [0, 0.05) is 11.1 Å². The third kappa shape index (κ3) is 3.69. The third-order valence-electron chi connectivity index (χ3n) is 2.71. The maximum atomic E-state index is 13.3. The van der Waals surface area contributed by atoms with Crippen molar-refractivity contribution in [3.8, 4) is 5.75 Å². The van der Waals surface area contributed by atoms with Gasteiger partial charge in [0.1, 0.15) is 17.7 Å². The van der Waals surface area contributed by atoms with Crippen LogP contribution in [-0.4, -0.2) is 6.04 Å². The molecule has 0 aromatic heterocycles. The Morgan fingerprint density at radius 1 is 1.16 bits per heavy atom. The number of ether oxygens (including phenoxy) is 1. The van der Waals surface area contributed by atoms with Crippen molar-refractivity contribution in [3.63, 3.8) is 0 Å². The molecule has 2 aromatic rings. The lowest BCUT2D eigenvalue weighted by Crippen LogP contribution is -2.29. The van der Waals surface area contributed by atoms with Crippen molar-refractivity contribution in [2.75, 3.05) is 0 Å². The summed E-state index contributed by atoms with van der Waals surface area (Å²) in [6, 6.07) is 13.0. The maximum Gasteiger partial charge on any atom is 0.139 e. The number of halogens is 2. The minimum Gasteiger partial charge on any atom is -0.484 e. The van der Waals surface area contributed by atoms with Gasteiger partial charge in [0.2, 0.25) is 0 Å². The standard InChI is InChI=1S/C15H15ClFNO/c1-10(18)15(11-4-2-6-13(17)8-11)19-14-7-3-5-12(16)9-14/h2-10,15H,18H2,1H3. The smallest absolute Gasteiger partial charge is 0.139 e. The summed E-state index contributed by atoms with van der Waals surface area (Å²) >= 11 is 5.91. The fourth-order valence-electron chi connectivity index (χ4n) is 1.85. The predicted molar refractivity (Wildman–Crippen MR) is 74.9 cm³/mol. The van der Waals surface area contributed by atoms with Crippen LogP contribution < -0.4 is 10.5 Å². The largest absolute Gasteiger partial charge is 0.484 e. The van der Waals surface area contributed by atoms with E-state index in [0.717, 1.165) is 0 Å². The SMILES string of the molecule is CC(N)C(Oc1cccc(Cl)c1)c1cccc(F)c1. The van der Waals surface area contributed by atoms with E-state index in [-0.39, 0.29) is 11.9 Å². The van der Waals surface area contributed by atoms with Crippen LogP contribution in [0, 0.1) is 5.82 Å². The molecule has 0 aliphatic heterocycles. The highest BCUT2D eigenvalue weighted by molar-refractivity contribution is 6.30. The molecular weight excluding hydrogens is 265 g/mol. The van der Waals surface area contributed by atoms with E-state index in [9.17, 15) is 4.39 Å². The van der Waals surface area contributed by atoms with E-state index < -0.39 is 6.10 Å². The second-order valence-corrected chi connectivity index (χ2v) is 4.85. The maximum absolute atomic E-state index is 13.3. The van der Waals surface area contributed by atoms with Gasteiger partial charge in [0.25, 0.3) is 0 Å². The zero-order chi connectivity index (χ0) is 13.8. The van der Waals surface area contributed by atoms with Gasteiger partial charge in [-0.15, -0.1) is 0 Å². The molecule has 4 heteroatoms. The number of hydrogen-bond acceptors (Lipinski definition) is 2. The second-order valence-electron chi connectivity index (χ2n) is 4.41. The molecule has 0 radical (unpaired) electrons. The Labute approximate surface area is 117 Å². The summed E-state index contributed by atoms with van der Waals surface area (Å²) < 4.78 is 19.1. The van der Waals surface area contributed by atoms with Crippen LogP contribution in [0.15, 0.2) is 48.5 Å². The second kappa shape index (κ2) is 6.04. The molecule has 0 saturated heterocycles. The van der Waals surface area contributed by atoms with Gasteiger partial charge in [-0.2, -0.15) is 0 Å². The van der Waals surface area contributed by atoms with Gasteiger partial charge in [-0.05, 0) is 42.8 Å². The summed E-state index contributed by atoms with van der Waals surface area (Å²) in [4.78, 5) is 0. The monoisotopic (exact) mass is 279 g/mol. The van der Waals surface area contributed by atoms with Crippen molar-refractivity contribution in [3.05, 3.63) is 64.9 Å². The Bertz CT molecular complexity index is 559. The van der Waals surface area contributed by atoms with Gasteiger partial charge in [-0.3, -0.25) is 0 Å². The van der Waals surface area contributed by atoms with E-state index in [1.165, 1.54) is 12.1 Å². The Kier molecular flexibility index (Phi) is 4.40. The summed E-state index contributed by atoms with van der Waals surface area (Å²) in [5.74, 6) is 0.303.